The lowest BCUT2D eigenvalue weighted by Gasteiger charge is -2.18. The van der Waals surface area contributed by atoms with Gasteiger partial charge >= 0.3 is 17.9 Å². The highest BCUT2D eigenvalue weighted by Crippen LogP contribution is 2.16. The van der Waals surface area contributed by atoms with Gasteiger partial charge in [-0.2, -0.15) is 0 Å². The van der Waals surface area contributed by atoms with Gasteiger partial charge in [0.15, 0.2) is 6.10 Å². The van der Waals surface area contributed by atoms with Crippen molar-refractivity contribution in [3.63, 3.8) is 0 Å². The lowest BCUT2D eigenvalue weighted by atomic mass is 10.0. The van der Waals surface area contributed by atoms with E-state index in [4.69, 9.17) is 14.2 Å². The minimum atomic E-state index is -0.771. The third kappa shape index (κ3) is 54.4. The highest BCUT2D eigenvalue weighted by molar-refractivity contribution is 5.71. The van der Waals surface area contributed by atoms with Crippen LogP contribution in [0.1, 0.15) is 316 Å². The zero-order valence-electron chi connectivity index (χ0n) is 44.9. The number of carbonyl (C=O) groups excluding carboxylic acids is 3. The Kier molecular flexibility index (Phi) is 54.2. The fourth-order valence-electron chi connectivity index (χ4n) is 8.65. The summed E-state index contributed by atoms with van der Waals surface area (Å²) in [5.41, 5.74) is 0. The molecule has 1 atom stereocenters. The van der Waals surface area contributed by atoms with Gasteiger partial charge in [0.1, 0.15) is 13.2 Å². The van der Waals surface area contributed by atoms with Crippen molar-refractivity contribution in [2.75, 3.05) is 13.2 Å². The van der Waals surface area contributed by atoms with Gasteiger partial charge in [-0.25, -0.2) is 0 Å². The standard InChI is InChI=1S/C61H112O6/c1-4-7-10-13-16-19-21-23-25-26-27-28-29-30-31-32-33-34-35-36-37-39-40-42-45-48-51-54-60(63)66-57-58(56-65-59(62)53-50-47-44-18-15-12-9-6-3)67-61(64)55-52-49-46-43-41-38-24-22-20-17-14-11-8-5-2/h21-24,26-27,58H,4-20,25,28-57H2,1-3H3/b23-21-,24-22-,27-26-. The van der Waals surface area contributed by atoms with E-state index in [1.54, 1.807) is 0 Å². The van der Waals surface area contributed by atoms with Crippen molar-refractivity contribution in [1.29, 1.82) is 0 Å². The van der Waals surface area contributed by atoms with Crippen LogP contribution in [0.3, 0.4) is 0 Å². The molecular weight excluding hydrogens is 829 g/mol. The minimum absolute atomic E-state index is 0.0719. The summed E-state index contributed by atoms with van der Waals surface area (Å²) >= 11 is 0. The minimum Gasteiger partial charge on any atom is -0.462 e. The molecule has 0 spiro atoms. The van der Waals surface area contributed by atoms with Crippen LogP contribution in [0, 0.1) is 0 Å². The van der Waals surface area contributed by atoms with E-state index in [2.05, 4.69) is 57.2 Å². The van der Waals surface area contributed by atoms with Gasteiger partial charge in [-0.1, -0.05) is 256 Å². The first-order valence-electron chi connectivity index (χ1n) is 29.5. The van der Waals surface area contributed by atoms with E-state index in [9.17, 15) is 14.4 Å². The smallest absolute Gasteiger partial charge is 0.306 e. The van der Waals surface area contributed by atoms with Gasteiger partial charge in [0.05, 0.1) is 0 Å². The maximum atomic E-state index is 12.8. The summed E-state index contributed by atoms with van der Waals surface area (Å²) in [5.74, 6) is -0.870. The molecule has 0 saturated heterocycles. The second-order valence-electron chi connectivity index (χ2n) is 19.9. The maximum Gasteiger partial charge on any atom is 0.306 e. The Hall–Kier alpha value is -2.37. The quantitative estimate of drug-likeness (QED) is 0.0262. The van der Waals surface area contributed by atoms with Gasteiger partial charge in [0.25, 0.3) is 0 Å². The Balaban J connectivity index is 4.10. The zero-order chi connectivity index (χ0) is 48.6. The van der Waals surface area contributed by atoms with Gasteiger partial charge in [-0.05, 0) is 77.0 Å². The monoisotopic (exact) mass is 941 g/mol. The van der Waals surface area contributed by atoms with Crippen LogP contribution < -0.4 is 0 Å². The Morgan fingerprint density at radius 2 is 0.537 bits per heavy atom. The summed E-state index contributed by atoms with van der Waals surface area (Å²) in [6.45, 7) is 6.62. The SMILES string of the molecule is CCCCCCC/C=C\C/C=C\CCCCCCCCCCCCCCCCCC(=O)OCC(COC(=O)CCCCCCCCCC)OC(=O)CCCCCCC/C=C\CCCCCCC. The number of allylic oxidation sites excluding steroid dienone is 6. The van der Waals surface area contributed by atoms with Crippen molar-refractivity contribution >= 4 is 17.9 Å². The lowest BCUT2D eigenvalue weighted by molar-refractivity contribution is -0.167. The number of unbranched alkanes of at least 4 members (excludes halogenated alkanes) is 37. The largest absolute Gasteiger partial charge is 0.462 e. The van der Waals surface area contributed by atoms with E-state index in [-0.39, 0.29) is 31.1 Å². The van der Waals surface area contributed by atoms with Crippen LogP contribution in [0.5, 0.6) is 0 Å². The van der Waals surface area contributed by atoms with Crippen LogP contribution in [0.15, 0.2) is 36.5 Å². The van der Waals surface area contributed by atoms with Gasteiger partial charge in [-0.3, -0.25) is 14.4 Å². The van der Waals surface area contributed by atoms with Crippen LogP contribution in [-0.4, -0.2) is 37.2 Å². The molecule has 0 aliphatic rings. The Bertz CT molecular complexity index is 1130. The molecule has 0 rings (SSSR count). The highest BCUT2D eigenvalue weighted by Gasteiger charge is 2.19. The number of hydrogen-bond acceptors (Lipinski definition) is 6. The molecule has 0 bridgehead atoms. The lowest BCUT2D eigenvalue weighted by Crippen LogP contribution is -2.30. The number of carbonyl (C=O) groups is 3. The molecule has 0 aromatic heterocycles. The average Bonchev–Trinajstić information content (AvgIpc) is 3.33. The molecule has 0 aromatic carbocycles. The van der Waals surface area contributed by atoms with Gasteiger partial charge in [-0.15, -0.1) is 0 Å². The molecule has 0 saturated carbocycles. The Morgan fingerprint density at radius 1 is 0.299 bits per heavy atom. The summed E-state index contributed by atoms with van der Waals surface area (Å²) in [7, 11) is 0. The molecule has 1 unspecified atom stereocenters. The van der Waals surface area contributed by atoms with Crippen molar-refractivity contribution in [3.05, 3.63) is 36.5 Å². The summed E-state index contributed by atoms with van der Waals surface area (Å²) < 4.78 is 16.8. The first kappa shape index (κ1) is 64.6. The molecule has 392 valence electrons. The molecule has 6 nitrogen and oxygen atoms in total. The van der Waals surface area contributed by atoms with Crippen molar-refractivity contribution in [3.8, 4) is 0 Å². The Labute approximate surface area is 416 Å². The van der Waals surface area contributed by atoms with E-state index in [1.165, 1.54) is 205 Å². The Morgan fingerprint density at radius 3 is 0.836 bits per heavy atom. The summed E-state index contributed by atoms with van der Waals surface area (Å²) in [6, 6.07) is 0. The second kappa shape index (κ2) is 56.2. The fraction of sp³-hybridized carbons (Fsp3) is 0.852. The van der Waals surface area contributed by atoms with Crippen LogP contribution in [-0.2, 0) is 28.6 Å². The average molecular weight is 942 g/mol. The summed E-state index contributed by atoms with van der Waals surface area (Å²) in [6.07, 6.45) is 67.3. The first-order chi connectivity index (χ1) is 33.0. The third-order valence-corrected chi connectivity index (χ3v) is 13.1. The van der Waals surface area contributed by atoms with E-state index in [0.717, 1.165) is 70.6 Å². The number of ether oxygens (including phenoxy) is 3. The molecule has 0 aromatic rings. The van der Waals surface area contributed by atoms with Gasteiger partial charge in [0.2, 0.25) is 0 Å². The van der Waals surface area contributed by atoms with Crippen LogP contribution in [0.25, 0.3) is 0 Å². The summed E-state index contributed by atoms with van der Waals surface area (Å²) in [4.78, 5) is 38.0. The van der Waals surface area contributed by atoms with Gasteiger partial charge in [0, 0.05) is 19.3 Å². The second-order valence-corrected chi connectivity index (χ2v) is 19.9. The van der Waals surface area contributed by atoms with Crippen LogP contribution in [0.4, 0.5) is 0 Å². The number of rotatable bonds is 54. The molecule has 0 aliphatic carbocycles. The zero-order valence-corrected chi connectivity index (χ0v) is 44.9. The van der Waals surface area contributed by atoms with E-state index >= 15 is 0 Å². The maximum absolute atomic E-state index is 12.8. The van der Waals surface area contributed by atoms with Crippen molar-refractivity contribution in [1.82, 2.24) is 0 Å². The molecule has 0 amide bonds. The van der Waals surface area contributed by atoms with E-state index < -0.39 is 6.10 Å². The predicted molar refractivity (Wildman–Crippen MR) is 289 cm³/mol. The van der Waals surface area contributed by atoms with Crippen molar-refractivity contribution in [2.45, 2.75) is 322 Å². The molecular formula is C61H112O6. The molecule has 0 fully saturated rings. The predicted octanol–water partition coefficient (Wildman–Crippen LogP) is 19.7. The fourth-order valence-corrected chi connectivity index (χ4v) is 8.65. The number of esters is 3. The van der Waals surface area contributed by atoms with Crippen molar-refractivity contribution < 1.29 is 28.6 Å². The van der Waals surface area contributed by atoms with Crippen LogP contribution in [0.2, 0.25) is 0 Å². The molecule has 0 N–H and O–H groups in total. The van der Waals surface area contributed by atoms with E-state index in [1.807, 2.05) is 0 Å². The topological polar surface area (TPSA) is 78.9 Å². The molecule has 0 radical (unpaired) electrons. The molecule has 67 heavy (non-hydrogen) atoms. The molecule has 0 heterocycles. The number of hydrogen-bond donors (Lipinski definition) is 0. The van der Waals surface area contributed by atoms with Crippen LogP contribution >= 0.6 is 0 Å². The summed E-state index contributed by atoms with van der Waals surface area (Å²) in [5, 5.41) is 0. The first-order valence-corrected chi connectivity index (χ1v) is 29.5. The van der Waals surface area contributed by atoms with Crippen molar-refractivity contribution in [2.24, 2.45) is 0 Å². The van der Waals surface area contributed by atoms with Gasteiger partial charge < -0.3 is 14.2 Å². The normalized spacial score (nSPS) is 12.2. The highest BCUT2D eigenvalue weighted by atomic mass is 16.6. The molecule has 0 aliphatic heterocycles. The molecule has 6 heteroatoms. The van der Waals surface area contributed by atoms with E-state index in [0.29, 0.717) is 19.3 Å². The third-order valence-electron chi connectivity index (χ3n) is 13.1.